The second kappa shape index (κ2) is 5.77. The van der Waals surface area contributed by atoms with E-state index in [9.17, 15) is 9.59 Å². The Hall–Kier alpha value is -2.01. The van der Waals surface area contributed by atoms with Crippen molar-refractivity contribution in [2.45, 2.75) is 32.6 Å². The van der Waals surface area contributed by atoms with Crippen LogP contribution in [0.3, 0.4) is 0 Å². The van der Waals surface area contributed by atoms with Crippen LogP contribution < -0.4 is 5.32 Å². The van der Waals surface area contributed by atoms with Crippen molar-refractivity contribution < 1.29 is 9.59 Å². The molecule has 0 atom stereocenters. The molecule has 4 nitrogen and oxygen atoms in total. The van der Waals surface area contributed by atoms with Gasteiger partial charge in [0.05, 0.1) is 17.0 Å². The molecule has 2 aromatic rings. The Kier molecular flexibility index (Phi) is 3.84. The van der Waals surface area contributed by atoms with Gasteiger partial charge in [-0.15, -0.1) is 11.3 Å². The van der Waals surface area contributed by atoms with Crippen molar-refractivity contribution in [2.75, 3.05) is 5.32 Å². The molecule has 1 N–H and O–H groups in total. The van der Waals surface area contributed by atoms with Crippen molar-refractivity contribution in [2.24, 2.45) is 0 Å². The molecule has 1 amide bonds. The molecule has 0 saturated carbocycles. The minimum atomic E-state index is -0.0996. The van der Waals surface area contributed by atoms with Crippen molar-refractivity contribution in [1.82, 2.24) is 4.98 Å². The largest absolute Gasteiger partial charge is 0.326 e. The van der Waals surface area contributed by atoms with Crippen LogP contribution in [-0.2, 0) is 17.6 Å². The lowest BCUT2D eigenvalue weighted by Gasteiger charge is -2.06. The number of hydrogen-bond donors (Lipinski definition) is 1. The van der Waals surface area contributed by atoms with Crippen LogP contribution in [0.2, 0.25) is 0 Å². The maximum atomic E-state index is 12.0. The predicted molar refractivity (Wildman–Crippen MR) is 82.9 cm³/mol. The smallest absolute Gasteiger partial charge is 0.231 e. The van der Waals surface area contributed by atoms with E-state index in [1.807, 2.05) is 31.2 Å². The molecule has 1 aromatic heterocycles. The number of nitrogens with one attached hydrogen (secondary N) is 1. The average molecular weight is 300 g/mol. The number of thiazole rings is 1. The van der Waals surface area contributed by atoms with Crippen LogP contribution in [0.5, 0.6) is 0 Å². The summed E-state index contributed by atoms with van der Waals surface area (Å²) in [7, 11) is 0. The highest BCUT2D eigenvalue weighted by Gasteiger charge is 2.22. The lowest BCUT2D eigenvalue weighted by atomic mass is 10.0. The molecule has 1 heterocycles. The molecule has 1 aliphatic carbocycles. The quantitative estimate of drug-likeness (QED) is 0.947. The van der Waals surface area contributed by atoms with E-state index in [0.29, 0.717) is 6.42 Å². The van der Waals surface area contributed by atoms with Gasteiger partial charge in [-0.2, -0.15) is 0 Å². The minimum absolute atomic E-state index is 0.0996. The molecule has 3 rings (SSSR count). The molecular weight excluding hydrogens is 284 g/mol. The second-order valence-corrected chi connectivity index (χ2v) is 6.33. The summed E-state index contributed by atoms with van der Waals surface area (Å²) in [5, 5.41) is 3.57. The van der Waals surface area contributed by atoms with Crippen molar-refractivity contribution >= 4 is 28.7 Å². The minimum Gasteiger partial charge on any atom is -0.326 e. The summed E-state index contributed by atoms with van der Waals surface area (Å²) in [5.41, 5.74) is 2.80. The summed E-state index contributed by atoms with van der Waals surface area (Å²) in [5.74, 6) is 0.0661. The monoisotopic (exact) mass is 300 g/mol. The molecule has 0 radical (unpaired) electrons. The molecule has 0 unspecified atom stereocenters. The number of anilines is 1. The summed E-state index contributed by atoms with van der Waals surface area (Å²) in [6.07, 6.45) is 2.53. The topological polar surface area (TPSA) is 59.1 Å². The zero-order chi connectivity index (χ0) is 14.8. The normalized spacial score (nSPS) is 13.9. The third-order valence-corrected chi connectivity index (χ3v) is 4.60. The zero-order valence-electron chi connectivity index (χ0n) is 11.8. The summed E-state index contributed by atoms with van der Waals surface area (Å²) in [4.78, 5) is 29.0. The van der Waals surface area contributed by atoms with E-state index in [0.717, 1.165) is 39.7 Å². The van der Waals surface area contributed by atoms with Gasteiger partial charge >= 0.3 is 0 Å². The molecule has 0 bridgehead atoms. The number of aryl methyl sites for hydroxylation is 2. The number of nitrogens with zero attached hydrogens (tertiary/aromatic N) is 1. The molecular formula is C16H16N2O2S. The van der Waals surface area contributed by atoms with Crippen molar-refractivity contribution in [3.8, 4) is 0 Å². The predicted octanol–water partition coefficient (Wildman–Crippen LogP) is 3.15. The highest BCUT2D eigenvalue weighted by Crippen LogP contribution is 2.27. The standard InChI is InChI=1S/C16H16N2O2S/c1-10-5-7-11(8-6-10)17-14(20)9-15-18-12-3-2-4-13(19)16(12)21-15/h5-8H,2-4,9H2,1H3,(H,17,20). The van der Waals surface area contributed by atoms with Crippen molar-refractivity contribution in [3.05, 3.63) is 45.4 Å². The first-order valence-electron chi connectivity index (χ1n) is 7.00. The van der Waals surface area contributed by atoms with Crippen LogP contribution in [0.1, 0.15) is 38.8 Å². The summed E-state index contributed by atoms with van der Waals surface area (Å²) < 4.78 is 0. The second-order valence-electron chi connectivity index (χ2n) is 5.25. The van der Waals surface area contributed by atoms with Gasteiger partial charge in [0.15, 0.2) is 5.78 Å². The molecule has 108 valence electrons. The maximum absolute atomic E-state index is 12.0. The third-order valence-electron chi connectivity index (χ3n) is 3.46. The van der Waals surface area contributed by atoms with E-state index in [1.54, 1.807) is 0 Å². The number of amides is 1. The van der Waals surface area contributed by atoms with Crippen molar-refractivity contribution in [3.63, 3.8) is 0 Å². The van der Waals surface area contributed by atoms with E-state index in [4.69, 9.17) is 0 Å². The summed E-state index contributed by atoms with van der Waals surface area (Å²) >= 11 is 1.36. The molecule has 21 heavy (non-hydrogen) atoms. The zero-order valence-corrected chi connectivity index (χ0v) is 12.6. The molecule has 0 fully saturated rings. The lowest BCUT2D eigenvalue weighted by Crippen LogP contribution is -2.14. The Balaban J connectivity index is 1.67. The Morgan fingerprint density at radius 3 is 2.76 bits per heavy atom. The van der Waals surface area contributed by atoms with Gasteiger partial charge in [-0.25, -0.2) is 4.98 Å². The maximum Gasteiger partial charge on any atom is 0.231 e. The van der Waals surface area contributed by atoms with Crippen LogP contribution >= 0.6 is 11.3 Å². The highest BCUT2D eigenvalue weighted by molar-refractivity contribution is 7.14. The number of fused-ring (bicyclic) bond motifs is 1. The number of benzene rings is 1. The van der Waals surface area contributed by atoms with E-state index < -0.39 is 0 Å². The van der Waals surface area contributed by atoms with Gasteiger partial charge in [0, 0.05) is 12.1 Å². The molecule has 1 aromatic carbocycles. The number of ketones is 1. The van der Waals surface area contributed by atoms with Gasteiger partial charge in [-0.3, -0.25) is 9.59 Å². The van der Waals surface area contributed by atoms with Crippen LogP contribution in [0, 0.1) is 6.92 Å². The fraction of sp³-hybridized carbons (Fsp3) is 0.312. The fourth-order valence-electron chi connectivity index (χ4n) is 2.37. The van der Waals surface area contributed by atoms with E-state index in [-0.39, 0.29) is 18.1 Å². The molecule has 0 aliphatic heterocycles. The number of Topliss-reactive ketones (excluding diaryl/α,β-unsaturated/α-hetero) is 1. The Morgan fingerprint density at radius 2 is 2.05 bits per heavy atom. The third kappa shape index (κ3) is 3.19. The average Bonchev–Trinajstić information content (AvgIpc) is 2.85. The number of carbonyl (C=O) groups is 2. The van der Waals surface area contributed by atoms with Gasteiger partial charge in [0.1, 0.15) is 5.01 Å². The lowest BCUT2D eigenvalue weighted by molar-refractivity contribution is -0.115. The first kappa shape index (κ1) is 13.9. The number of rotatable bonds is 3. The number of hydrogen-bond acceptors (Lipinski definition) is 4. The van der Waals surface area contributed by atoms with Crippen molar-refractivity contribution in [1.29, 1.82) is 0 Å². The molecule has 0 spiro atoms. The fourth-order valence-corrected chi connectivity index (χ4v) is 3.45. The summed E-state index contributed by atoms with van der Waals surface area (Å²) in [6, 6.07) is 7.67. The van der Waals surface area contributed by atoms with Crippen LogP contribution in [0.15, 0.2) is 24.3 Å². The number of aromatic nitrogens is 1. The summed E-state index contributed by atoms with van der Waals surface area (Å²) in [6.45, 7) is 2.00. The van der Waals surface area contributed by atoms with Gasteiger partial charge in [-0.1, -0.05) is 17.7 Å². The van der Waals surface area contributed by atoms with Gasteiger partial charge in [-0.05, 0) is 31.9 Å². The highest BCUT2D eigenvalue weighted by atomic mass is 32.1. The number of carbonyl (C=O) groups excluding carboxylic acids is 2. The Labute approximate surface area is 127 Å². The SMILES string of the molecule is Cc1ccc(NC(=O)Cc2nc3c(s2)C(=O)CCC3)cc1. The van der Waals surface area contributed by atoms with Crippen LogP contribution in [0.4, 0.5) is 5.69 Å². The first-order valence-corrected chi connectivity index (χ1v) is 7.82. The molecule has 0 saturated heterocycles. The van der Waals surface area contributed by atoms with Gasteiger partial charge < -0.3 is 5.32 Å². The van der Waals surface area contributed by atoms with Crippen LogP contribution in [0.25, 0.3) is 0 Å². The van der Waals surface area contributed by atoms with Gasteiger partial charge in [0.2, 0.25) is 5.91 Å². The van der Waals surface area contributed by atoms with E-state index in [2.05, 4.69) is 10.3 Å². The van der Waals surface area contributed by atoms with Crippen LogP contribution in [-0.4, -0.2) is 16.7 Å². The molecule has 5 heteroatoms. The first-order chi connectivity index (χ1) is 10.1. The van der Waals surface area contributed by atoms with E-state index in [1.165, 1.54) is 11.3 Å². The van der Waals surface area contributed by atoms with E-state index >= 15 is 0 Å². The van der Waals surface area contributed by atoms with Gasteiger partial charge in [0.25, 0.3) is 0 Å². The molecule has 1 aliphatic rings. The Morgan fingerprint density at radius 1 is 1.29 bits per heavy atom. The Bertz CT molecular complexity index is 689.